The van der Waals surface area contributed by atoms with Crippen LogP contribution < -0.4 is 18.9 Å². The zero-order valence-corrected chi connectivity index (χ0v) is 16.1. The first kappa shape index (κ1) is 21.3. The molecule has 0 unspecified atom stereocenters. The summed E-state index contributed by atoms with van der Waals surface area (Å²) in [5.74, 6) is -0.0965. The molecule has 8 nitrogen and oxygen atoms in total. The predicted molar refractivity (Wildman–Crippen MR) is 103 cm³/mol. The summed E-state index contributed by atoms with van der Waals surface area (Å²) in [5.41, 5.74) is 0.318. The molecule has 2 aromatic rings. The molecule has 29 heavy (non-hydrogen) atoms. The molecule has 0 aliphatic carbocycles. The summed E-state index contributed by atoms with van der Waals surface area (Å²) < 4.78 is 25.6. The van der Waals surface area contributed by atoms with Crippen molar-refractivity contribution in [3.05, 3.63) is 53.6 Å². The largest absolute Gasteiger partial charge is 0.493 e. The van der Waals surface area contributed by atoms with Gasteiger partial charge in [-0.15, -0.1) is 0 Å². The van der Waals surface area contributed by atoms with Crippen molar-refractivity contribution >= 4 is 18.0 Å². The average molecular weight is 397 g/mol. The summed E-state index contributed by atoms with van der Waals surface area (Å²) in [6.07, 6.45) is 1.34. The van der Waals surface area contributed by atoms with E-state index in [9.17, 15) is 9.59 Å². The topological polar surface area (TPSA) is 104 Å². The molecule has 0 aromatic heterocycles. The summed E-state index contributed by atoms with van der Waals surface area (Å²) in [6, 6.07) is 13.2. The van der Waals surface area contributed by atoms with Crippen LogP contribution in [0.15, 0.2) is 48.0 Å². The lowest BCUT2D eigenvalue weighted by atomic mass is 10.1. The third-order valence-electron chi connectivity index (χ3n) is 3.66. The number of ether oxygens (including phenoxy) is 5. The van der Waals surface area contributed by atoms with Crippen LogP contribution in [0, 0.1) is 11.3 Å². The van der Waals surface area contributed by atoms with Crippen molar-refractivity contribution in [1.29, 1.82) is 5.26 Å². The molecule has 0 aliphatic rings. The number of nitriles is 1. The highest BCUT2D eigenvalue weighted by molar-refractivity contribution is 5.97. The summed E-state index contributed by atoms with van der Waals surface area (Å²) in [7, 11) is 4.08. The number of nitrogens with zero attached hydrogens (tertiary/aromatic N) is 1. The van der Waals surface area contributed by atoms with E-state index in [1.165, 1.54) is 39.5 Å². The van der Waals surface area contributed by atoms with Crippen LogP contribution in [-0.2, 0) is 14.3 Å². The van der Waals surface area contributed by atoms with E-state index in [1.54, 1.807) is 36.4 Å². The van der Waals surface area contributed by atoms with E-state index >= 15 is 0 Å². The van der Waals surface area contributed by atoms with Gasteiger partial charge < -0.3 is 23.7 Å². The van der Waals surface area contributed by atoms with E-state index in [0.717, 1.165) is 0 Å². The van der Waals surface area contributed by atoms with Crippen molar-refractivity contribution < 1.29 is 33.3 Å². The highest BCUT2D eigenvalue weighted by Gasteiger charge is 2.14. The molecule has 0 bridgehead atoms. The summed E-state index contributed by atoms with van der Waals surface area (Å²) >= 11 is 0. The van der Waals surface area contributed by atoms with Gasteiger partial charge in [-0.3, -0.25) is 0 Å². The quantitative estimate of drug-likeness (QED) is 0.290. The second kappa shape index (κ2) is 10.4. The van der Waals surface area contributed by atoms with Gasteiger partial charge in [-0.1, -0.05) is 18.2 Å². The number of rotatable bonds is 8. The number of carbonyl (C=O) groups is 2. The molecule has 0 radical (unpaired) electrons. The number of carbonyl (C=O) groups excluding carboxylic acids is 2. The maximum absolute atomic E-state index is 12.1. The Labute approximate surface area is 167 Å². The van der Waals surface area contributed by atoms with Crippen LogP contribution in [0.2, 0.25) is 0 Å². The van der Waals surface area contributed by atoms with Gasteiger partial charge in [-0.05, 0) is 35.9 Å². The van der Waals surface area contributed by atoms with Gasteiger partial charge in [0.25, 0.3) is 0 Å². The van der Waals surface area contributed by atoms with Gasteiger partial charge in [0.15, 0.2) is 29.6 Å². The molecule has 0 spiro atoms. The molecule has 0 amide bonds. The van der Waals surface area contributed by atoms with Crippen LogP contribution in [0.4, 0.5) is 0 Å². The fraction of sp³-hybridized carbons (Fsp3) is 0.190. The van der Waals surface area contributed by atoms with Crippen molar-refractivity contribution in [3.63, 3.8) is 0 Å². The van der Waals surface area contributed by atoms with E-state index in [2.05, 4.69) is 4.74 Å². The van der Waals surface area contributed by atoms with Crippen molar-refractivity contribution in [2.75, 3.05) is 27.9 Å². The first-order chi connectivity index (χ1) is 14.0. The Morgan fingerprint density at radius 1 is 0.966 bits per heavy atom. The number of hydrogen-bond donors (Lipinski definition) is 0. The molecule has 8 heteroatoms. The second-order valence-electron chi connectivity index (χ2n) is 5.49. The Balaban J connectivity index is 2.10. The second-order valence-corrected chi connectivity index (χ2v) is 5.49. The van der Waals surface area contributed by atoms with Crippen molar-refractivity contribution in [3.8, 4) is 29.1 Å². The molecule has 0 aliphatic heterocycles. The zero-order chi connectivity index (χ0) is 21.2. The van der Waals surface area contributed by atoms with Crippen LogP contribution in [0.3, 0.4) is 0 Å². The van der Waals surface area contributed by atoms with E-state index in [1.807, 2.05) is 0 Å². The van der Waals surface area contributed by atoms with Crippen molar-refractivity contribution in [1.82, 2.24) is 0 Å². The number of para-hydroxylation sites is 2. The van der Waals surface area contributed by atoms with Gasteiger partial charge in [-0.2, -0.15) is 5.26 Å². The molecule has 0 N–H and O–H groups in total. The Bertz CT molecular complexity index is 960. The van der Waals surface area contributed by atoms with Crippen LogP contribution in [-0.4, -0.2) is 39.9 Å². The molecule has 2 rings (SSSR count). The third kappa shape index (κ3) is 5.74. The first-order valence-corrected chi connectivity index (χ1v) is 8.37. The Morgan fingerprint density at radius 2 is 1.66 bits per heavy atom. The van der Waals surface area contributed by atoms with Crippen LogP contribution in [0.25, 0.3) is 6.08 Å². The molecule has 0 atom stereocenters. The maximum atomic E-state index is 12.1. The Hall–Kier alpha value is -3.99. The smallest absolute Gasteiger partial charge is 0.349 e. The molecule has 0 heterocycles. The SMILES string of the molecule is COC(=O)/C(C#N)=C/c1ccc(OC(=O)COc2ccccc2OC)c(OC)c1. The molecule has 0 fully saturated rings. The predicted octanol–water partition coefficient (Wildman–Crippen LogP) is 2.77. The van der Waals surface area contributed by atoms with E-state index in [-0.39, 0.29) is 23.7 Å². The van der Waals surface area contributed by atoms with E-state index < -0.39 is 11.9 Å². The molecule has 150 valence electrons. The zero-order valence-electron chi connectivity index (χ0n) is 16.1. The van der Waals surface area contributed by atoms with Crippen molar-refractivity contribution in [2.24, 2.45) is 0 Å². The van der Waals surface area contributed by atoms with Gasteiger partial charge in [0.1, 0.15) is 11.6 Å². The lowest BCUT2D eigenvalue weighted by Gasteiger charge is -2.12. The molecular formula is C21H19NO7. The minimum absolute atomic E-state index is 0.162. The van der Waals surface area contributed by atoms with Gasteiger partial charge >= 0.3 is 11.9 Å². The maximum Gasteiger partial charge on any atom is 0.349 e. The van der Waals surface area contributed by atoms with Gasteiger partial charge in [0.05, 0.1) is 21.3 Å². The summed E-state index contributed by atoms with van der Waals surface area (Å²) in [6.45, 7) is -0.341. The lowest BCUT2D eigenvalue weighted by molar-refractivity contribution is -0.137. The molecule has 2 aromatic carbocycles. The number of esters is 2. The number of methoxy groups -OCH3 is 3. The third-order valence-corrected chi connectivity index (χ3v) is 3.66. The van der Waals surface area contributed by atoms with E-state index in [4.69, 9.17) is 24.2 Å². The van der Waals surface area contributed by atoms with E-state index in [0.29, 0.717) is 17.1 Å². The Morgan fingerprint density at radius 3 is 2.28 bits per heavy atom. The fourth-order valence-electron chi connectivity index (χ4n) is 2.30. The van der Waals surface area contributed by atoms with Gasteiger partial charge in [0, 0.05) is 0 Å². The van der Waals surface area contributed by atoms with Crippen LogP contribution >= 0.6 is 0 Å². The van der Waals surface area contributed by atoms with Crippen LogP contribution in [0.1, 0.15) is 5.56 Å². The lowest BCUT2D eigenvalue weighted by Crippen LogP contribution is -2.18. The minimum Gasteiger partial charge on any atom is -0.493 e. The normalized spacial score (nSPS) is 10.5. The number of benzene rings is 2. The van der Waals surface area contributed by atoms with Gasteiger partial charge in [-0.25, -0.2) is 9.59 Å². The number of hydrogen-bond acceptors (Lipinski definition) is 8. The minimum atomic E-state index is -0.754. The van der Waals surface area contributed by atoms with Gasteiger partial charge in [0.2, 0.25) is 0 Å². The van der Waals surface area contributed by atoms with Crippen molar-refractivity contribution in [2.45, 2.75) is 0 Å². The monoisotopic (exact) mass is 397 g/mol. The highest BCUT2D eigenvalue weighted by Crippen LogP contribution is 2.30. The highest BCUT2D eigenvalue weighted by atomic mass is 16.6. The summed E-state index contributed by atoms with van der Waals surface area (Å²) in [4.78, 5) is 23.6. The fourth-order valence-corrected chi connectivity index (χ4v) is 2.30. The Kier molecular flexibility index (Phi) is 7.62. The first-order valence-electron chi connectivity index (χ1n) is 8.37. The standard InChI is InChI=1S/C21H19NO7/c1-25-16-6-4-5-7-17(16)28-13-20(23)29-18-9-8-14(11-19(18)26-2)10-15(12-22)21(24)27-3/h4-11H,13H2,1-3H3/b15-10+. The molecule has 0 saturated carbocycles. The average Bonchev–Trinajstić information content (AvgIpc) is 2.76. The molecule has 0 saturated heterocycles. The van der Waals surface area contributed by atoms with Crippen LogP contribution in [0.5, 0.6) is 23.0 Å². The summed E-state index contributed by atoms with van der Waals surface area (Å²) in [5, 5.41) is 9.04. The molecular weight excluding hydrogens is 378 g/mol.